The van der Waals surface area contributed by atoms with E-state index in [-0.39, 0.29) is 9.80 Å². The number of aryl methyl sites for hydroxylation is 1. The van der Waals surface area contributed by atoms with E-state index in [4.69, 9.17) is 0 Å². The Morgan fingerprint density at radius 2 is 1.50 bits per heavy atom. The van der Waals surface area contributed by atoms with Crippen LogP contribution in [0.5, 0.6) is 0 Å². The van der Waals surface area contributed by atoms with Gasteiger partial charge in [-0.05, 0) is 66.6 Å². The van der Waals surface area contributed by atoms with Crippen molar-refractivity contribution in [2.24, 2.45) is 0 Å². The standard InChI is InChI=1S/C27H27NO4S2/c1-17(2)19-7-11-21(12-8-19)28-24(20-9-13-22(33-4)14-10-20)26(25(29)27(28)30)34(31,32)23-15-5-18(3)6-16-23/h5-17,24,29H,1-4H3/t24-/m0/s1. The summed E-state index contributed by atoms with van der Waals surface area (Å²) in [5.74, 6) is -1.17. The van der Waals surface area contributed by atoms with E-state index in [1.54, 1.807) is 36.0 Å². The molecule has 1 aliphatic rings. The van der Waals surface area contributed by atoms with Gasteiger partial charge in [0.1, 0.15) is 10.9 Å². The number of rotatable bonds is 6. The molecule has 176 valence electrons. The number of aliphatic hydroxyl groups is 1. The van der Waals surface area contributed by atoms with Crippen molar-refractivity contribution < 1.29 is 18.3 Å². The molecule has 1 atom stereocenters. The van der Waals surface area contributed by atoms with E-state index in [1.807, 2.05) is 49.6 Å². The second kappa shape index (κ2) is 9.31. The number of anilines is 1. The maximum absolute atomic E-state index is 13.7. The molecule has 0 fully saturated rings. The quantitative estimate of drug-likeness (QED) is 0.416. The first-order valence-corrected chi connectivity index (χ1v) is 13.7. The minimum atomic E-state index is -4.15. The summed E-state index contributed by atoms with van der Waals surface area (Å²) in [6.07, 6.45) is 1.95. The lowest BCUT2D eigenvalue weighted by Gasteiger charge is -2.27. The smallest absolute Gasteiger partial charge is 0.295 e. The van der Waals surface area contributed by atoms with Crippen LogP contribution in [0, 0.1) is 6.92 Å². The van der Waals surface area contributed by atoms with Gasteiger partial charge in [-0.1, -0.05) is 55.8 Å². The van der Waals surface area contributed by atoms with Crippen LogP contribution in [0.3, 0.4) is 0 Å². The zero-order valence-electron chi connectivity index (χ0n) is 19.5. The SMILES string of the molecule is CSc1ccc([C@H]2C(S(=O)(=O)c3ccc(C)cc3)=C(O)C(=O)N2c2ccc(C(C)C)cc2)cc1. The predicted octanol–water partition coefficient (Wildman–Crippen LogP) is 6.17. The van der Waals surface area contributed by atoms with E-state index < -0.39 is 27.5 Å². The molecule has 0 spiro atoms. The van der Waals surface area contributed by atoms with Gasteiger partial charge in [0.2, 0.25) is 9.84 Å². The van der Waals surface area contributed by atoms with Crippen molar-refractivity contribution in [3.05, 3.63) is 100 Å². The van der Waals surface area contributed by atoms with Crippen molar-refractivity contribution in [3.63, 3.8) is 0 Å². The Bertz CT molecular complexity index is 1340. The van der Waals surface area contributed by atoms with Gasteiger partial charge >= 0.3 is 0 Å². The third-order valence-corrected chi connectivity index (χ3v) is 8.68. The van der Waals surface area contributed by atoms with Gasteiger partial charge in [-0.2, -0.15) is 0 Å². The number of hydrogen-bond acceptors (Lipinski definition) is 5. The van der Waals surface area contributed by atoms with Crippen molar-refractivity contribution in [2.45, 2.75) is 42.5 Å². The summed E-state index contributed by atoms with van der Waals surface area (Å²) >= 11 is 1.57. The molecule has 1 amide bonds. The average Bonchev–Trinajstić information content (AvgIpc) is 3.10. The maximum atomic E-state index is 13.7. The Labute approximate surface area is 205 Å². The molecule has 0 unspecified atom stereocenters. The molecule has 5 nitrogen and oxygen atoms in total. The summed E-state index contributed by atoms with van der Waals surface area (Å²) in [6, 6.07) is 20.2. The average molecular weight is 494 g/mol. The van der Waals surface area contributed by atoms with E-state index in [0.29, 0.717) is 17.2 Å². The monoisotopic (exact) mass is 493 g/mol. The van der Waals surface area contributed by atoms with Gasteiger partial charge in [0.05, 0.1) is 4.90 Å². The summed E-state index contributed by atoms with van der Waals surface area (Å²) in [4.78, 5) is 15.4. The fraction of sp³-hybridized carbons (Fsp3) is 0.222. The number of amides is 1. The normalized spacial score (nSPS) is 16.6. The first-order valence-electron chi connectivity index (χ1n) is 11.0. The number of nitrogens with zero attached hydrogens (tertiary/aromatic N) is 1. The zero-order valence-corrected chi connectivity index (χ0v) is 21.2. The van der Waals surface area contributed by atoms with Gasteiger partial charge in [-0.25, -0.2) is 8.42 Å². The molecule has 7 heteroatoms. The Morgan fingerprint density at radius 3 is 2.03 bits per heavy atom. The van der Waals surface area contributed by atoms with Crippen LogP contribution >= 0.6 is 11.8 Å². The Kier molecular flexibility index (Phi) is 6.60. The molecule has 34 heavy (non-hydrogen) atoms. The third kappa shape index (κ3) is 4.26. The molecule has 0 radical (unpaired) electrons. The number of carbonyl (C=O) groups excluding carboxylic acids is 1. The highest BCUT2D eigenvalue weighted by molar-refractivity contribution is 7.98. The second-order valence-corrected chi connectivity index (χ2v) is 11.4. The lowest BCUT2D eigenvalue weighted by Crippen LogP contribution is -2.31. The predicted molar refractivity (Wildman–Crippen MR) is 137 cm³/mol. The van der Waals surface area contributed by atoms with Gasteiger partial charge in [-0.15, -0.1) is 11.8 Å². The minimum absolute atomic E-state index is 0.0372. The lowest BCUT2D eigenvalue weighted by molar-refractivity contribution is -0.117. The summed E-state index contributed by atoms with van der Waals surface area (Å²) < 4.78 is 27.5. The molecule has 0 aliphatic carbocycles. The van der Waals surface area contributed by atoms with Gasteiger partial charge in [0.25, 0.3) is 5.91 Å². The maximum Gasteiger partial charge on any atom is 0.295 e. The van der Waals surface area contributed by atoms with Crippen LogP contribution in [0.15, 0.2) is 93.3 Å². The zero-order chi connectivity index (χ0) is 24.6. The summed E-state index contributed by atoms with van der Waals surface area (Å²) in [6.45, 7) is 6.02. The van der Waals surface area contributed by atoms with Crippen molar-refractivity contribution in [3.8, 4) is 0 Å². The molecular weight excluding hydrogens is 466 g/mol. The molecule has 1 heterocycles. The molecule has 1 aliphatic heterocycles. The molecule has 0 bridgehead atoms. The summed E-state index contributed by atoms with van der Waals surface area (Å²) in [7, 11) is -4.15. The number of hydrogen-bond donors (Lipinski definition) is 1. The molecule has 3 aromatic rings. The van der Waals surface area contributed by atoms with Crippen LogP contribution in [0.1, 0.15) is 42.5 Å². The first-order chi connectivity index (χ1) is 16.1. The number of benzene rings is 3. The molecule has 1 N–H and O–H groups in total. The second-order valence-electron chi connectivity index (χ2n) is 8.63. The molecular formula is C27H27NO4S2. The van der Waals surface area contributed by atoms with Crippen LogP contribution in [0.2, 0.25) is 0 Å². The van der Waals surface area contributed by atoms with E-state index in [1.165, 1.54) is 17.0 Å². The molecule has 0 aromatic heterocycles. The molecule has 0 saturated heterocycles. The summed E-state index contributed by atoms with van der Waals surface area (Å²) in [5.41, 5.74) is 3.14. The first kappa shape index (κ1) is 24.1. The number of aliphatic hydroxyl groups excluding tert-OH is 1. The van der Waals surface area contributed by atoms with Crippen LogP contribution in [0.25, 0.3) is 0 Å². The lowest BCUT2D eigenvalue weighted by atomic mass is 10.0. The minimum Gasteiger partial charge on any atom is -0.502 e. The molecule has 3 aromatic carbocycles. The largest absolute Gasteiger partial charge is 0.502 e. The van der Waals surface area contributed by atoms with Gasteiger partial charge < -0.3 is 5.11 Å². The van der Waals surface area contributed by atoms with E-state index in [0.717, 1.165) is 16.0 Å². The molecule has 0 saturated carbocycles. The topological polar surface area (TPSA) is 74.7 Å². The summed E-state index contributed by atoms with van der Waals surface area (Å²) in [5, 5.41) is 10.9. The Hall–Kier alpha value is -3.03. The van der Waals surface area contributed by atoms with Crippen molar-refractivity contribution in [1.29, 1.82) is 0 Å². The molecule has 4 rings (SSSR count). The highest BCUT2D eigenvalue weighted by Gasteiger charge is 2.47. The highest BCUT2D eigenvalue weighted by atomic mass is 32.2. The van der Waals surface area contributed by atoms with Crippen molar-refractivity contribution in [2.75, 3.05) is 11.2 Å². The van der Waals surface area contributed by atoms with Gasteiger partial charge in [-0.3, -0.25) is 9.69 Å². The number of sulfone groups is 1. The van der Waals surface area contributed by atoms with Crippen LogP contribution in [0.4, 0.5) is 5.69 Å². The van der Waals surface area contributed by atoms with Gasteiger partial charge in [0.15, 0.2) is 5.76 Å². The Balaban J connectivity index is 1.89. The van der Waals surface area contributed by atoms with E-state index in [9.17, 15) is 18.3 Å². The fourth-order valence-corrected chi connectivity index (χ4v) is 6.11. The van der Waals surface area contributed by atoms with E-state index >= 15 is 0 Å². The van der Waals surface area contributed by atoms with Crippen LogP contribution < -0.4 is 4.90 Å². The van der Waals surface area contributed by atoms with Crippen molar-refractivity contribution >= 4 is 33.2 Å². The van der Waals surface area contributed by atoms with Crippen LogP contribution in [-0.2, 0) is 14.6 Å². The highest BCUT2D eigenvalue weighted by Crippen LogP contribution is 2.45. The fourth-order valence-electron chi connectivity index (χ4n) is 4.07. The van der Waals surface area contributed by atoms with Crippen LogP contribution in [-0.4, -0.2) is 25.7 Å². The Morgan fingerprint density at radius 1 is 0.912 bits per heavy atom. The third-order valence-electron chi connectivity index (χ3n) is 6.05. The number of carbonyl (C=O) groups is 1. The number of thioether (sulfide) groups is 1. The van der Waals surface area contributed by atoms with E-state index in [2.05, 4.69) is 13.8 Å². The van der Waals surface area contributed by atoms with Gasteiger partial charge in [0, 0.05) is 10.6 Å². The van der Waals surface area contributed by atoms with Crippen molar-refractivity contribution in [1.82, 2.24) is 0 Å².